The van der Waals surface area contributed by atoms with Crippen LogP contribution in [0.2, 0.25) is 0 Å². The molecule has 8 nitrogen and oxygen atoms in total. The first-order valence-corrected chi connectivity index (χ1v) is 11.7. The largest absolute Gasteiger partial charge is 0.505 e. The summed E-state index contributed by atoms with van der Waals surface area (Å²) >= 11 is 0. The third kappa shape index (κ3) is 4.96. The molecule has 172 valence electrons. The monoisotopic (exact) mass is 471 g/mol. The second kappa shape index (κ2) is 9.16. The molecule has 2 aromatic carbocycles. The normalized spacial score (nSPS) is 14.8. The van der Waals surface area contributed by atoms with Gasteiger partial charge in [-0.1, -0.05) is 18.2 Å². The van der Waals surface area contributed by atoms with E-state index in [0.717, 1.165) is 12.1 Å². The summed E-state index contributed by atoms with van der Waals surface area (Å²) in [7, 11) is -3.74. The third-order valence-electron chi connectivity index (χ3n) is 5.32. The van der Waals surface area contributed by atoms with Crippen molar-refractivity contribution in [2.75, 3.05) is 26.2 Å². The average Bonchev–Trinajstić information content (AvgIpc) is 2.82. The Morgan fingerprint density at radius 3 is 2.45 bits per heavy atom. The SMILES string of the molecule is CC(=O)N1CCN(S(=O)(=O)c2cccc(-c3cccc(Oc4ccc(F)c(O)c4)n3)c2)CC1. The van der Waals surface area contributed by atoms with E-state index in [1.807, 2.05) is 0 Å². The molecule has 0 spiro atoms. The molecule has 0 aliphatic carbocycles. The van der Waals surface area contributed by atoms with Crippen LogP contribution in [0, 0.1) is 5.82 Å². The van der Waals surface area contributed by atoms with Gasteiger partial charge in [0, 0.05) is 50.8 Å². The second-order valence-corrected chi connectivity index (χ2v) is 9.45. The molecular weight excluding hydrogens is 449 g/mol. The number of piperazine rings is 1. The number of carbonyl (C=O) groups excluding carboxylic acids is 1. The first-order valence-electron chi connectivity index (χ1n) is 10.2. The van der Waals surface area contributed by atoms with Crippen LogP contribution >= 0.6 is 0 Å². The maximum absolute atomic E-state index is 13.3. The number of amides is 1. The number of halogens is 1. The van der Waals surface area contributed by atoms with Crippen molar-refractivity contribution in [1.82, 2.24) is 14.2 Å². The van der Waals surface area contributed by atoms with E-state index in [1.165, 1.54) is 23.4 Å². The first kappa shape index (κ1) is 22.7. The minimum atomic E-state index is -3.74. The number of hydrogen-bond donors (Lipinski definition) is 1. The second-order valence-electron chi connectivity index (χ2n) is 7.51. The maximum Gasteiger partial charge on any atom is 0.243 e. The third-order valence-corrected chi connectivity index (χ3v) is 7.21. The molecule has 33 heavy (non-hydrogen) atoms. The van der Waals surface area contributed by atoms with Crippen molar-refractivity contribution >= 4 is 15.9 Å². The molecule has 1 N–H and O–H groups in total. The van der Waals surface area contributed by atoms with Gasteiger partial charge in [0.15, 0.2) is 11.6 Å². The molecule has 4 rings (SSSR count). The molecule has 1 aromatic heterocycles. The van der Waals surface area contributed by atoms with Crippen LogP contribution in [0.5, 0.6) is 17.4 Å². The first-order chi connectivity index (χ1) is 15.7. The van der Waals surface area contributed by atoms with E-state index in [9.17, 15) is 22.7 Å². The van der Waals surface area contributed by atoms with E-state index in [4.69, 9.17) is 4.74 Å². The van der Waals surface area contributed by atoms with Gasteiger partial charge in [-0.3, -0.25) is 4.79 Å². The zero-order chi connectivity index (χ0) is 23.6. The summed E-state index contributed by atoms with van der Waals surface area (Å²) < 4.78 is 46.5. The summed E-state index contributed by atoms with van der Waals surface area (Å²) in [6.07, 6.45) is 0. The molecule has 1 amide bonds. The van der Waals surface area contributed by atoms with Gasteiger partial charge in [-0.05, 0) is 30.3 Å². The average molecular weight is 472 g/mol. The standard InChI is InChI=1S/C23H22FN3O5S/c1-16(28)26-10-12-27(13-11-26)33(30,31)19-5-2-4-17(14-19)21-6-3-7-23(25-21)32-18-8-9-20(24)22(29)15-18/h2-9,14-15,29H,10-13H2,1H3. The van der Waals surface area contributed by atoms with E-state index >= 15 is 0 Å². The van der Waals surface area contributed by atoms with Crippen LogP contribution < -0.4 is 4.74 Å². The van der Waals surface area contributed by atoms with Gasteiger partial charge >= 0.3 is 0 Å². The summed E-state index contributed by atoms with van der Waals surface area (Å²) in [6, 6.07) is 15.0. The van der Waals surface area contributed by atoms with Gasteiger partial charge in [-0.2, -0.15) is 4.31 Å². The van der Waals surface area contributed by atoms with Crippen LogP contribution in [0.25, 0.3) is 11.3 Å². The van der Waals surface area contributed by atoms with Crippen LogP contribution in [0.15, 0.2) is 65.6 Å². The van der Waals surface area contributed by atoms with Gasteiger partial charge in [0.05, 0.1) is 10.6 Å². The Morgan fingerprint density at radius 1 is 1.03 bits per heavy atom. The van der Waals surface area contributed by atoms with Crippen LogP contribution in [-0.2, 0) is 14.8 Å². The fourth-order valence-corrected chi connectivity index (χ4v) is 4.99. The number of sulfonamides is 1. The molecule has 0 bridgehead atoms. The van der Waals surface area contributed by atoms with Gasteiger partial charge in [-0.25, -0.2) is 17.8 Å². The number of ether oxygens (including phenoxy) is 1. The molecule has 0 atom stereocenters. The number of carbonyl (C=O) groups is 1. The highest BCUT2D eigenvalue weighted by Crippen LogP contribution is 2.29. The van der Waals surface area contributed by atoms with Crippen LogP contribution in [0.4, 0.5) is 4.39 Å². The van der Waals surface area contributed by atoms with E-state index < -0.39 is 21.6 Å². The van der Waals surface area contributed by atoms with Crippen molar-refractivity contribution in [3.05, 3.63) is 66.5 Å². The van der Waals surface area contributed by atoms with Crippen molar-refractivity contribution < 1.29 is 27.4 Å². The van der Waals surface area contributed by atoms with Crippen molar-refractivity contribution in [2.24, 2.45) is 0 Å². The lowest BCUT2D eigenvalue weighted by atomic mass is 10.1. The minimum Gasteiger partial charge on any atom is -0.505 e. The summed E-state index contributed by atoms with van der Waals surface area (Å²) in [6.45, 7) is 2.65. The number of benzene rings is 2. The predicted molar refractivity (Wildman–Crippen MR) is 119 cm³/mol. The predicted octanol–water partition coefficient (Wildman–Crippen LogP) is 3.24. The Balaban J connectivity index is 1.56. The molecule has 3 aromatic rings. The molecule has 0 radical (unpaired) electrons. The molecule has 10 heteroatoms. The number of aromatic hydroxyl groups is 1. The zero-order valence-electron chi connectivity index (χ0n) is 17.8. The van der Waals surface area contributed by atoms with Crippen molar-refractivity contribution in [3.63, 3.8) is 0 Å². The van der Waals surface area contributed by atoms with Crippen molar-refractivity contribution in [2.45, 2.75) is 11.8 Å². The highest BCUT2D eigenvalue weighted by Gasteiger charge is 2.29. The topological polar surface area (TPSA) is 100 Å². The van der Waals surface area contributed by atoms with E-state index in [1.54, 1.807) is 41.3 Å². The molecule has 0 saturated carbocycles. The number of nitrogens with zero attached hydrogens (tertiary/aromatic N) is 3. The fourth-order valence-electron chi connectivity index (χ4n) is 3.52. The highest BCUT2D eigenvalue weighted by molar-refractivity contribution is 7.89. The smallest absolute Gasteiger partial charge is 0.243 e. The summed E-state index contributed by atoms with van der Waals surface area (Å²) in [5.74, 6) is -0.958. The Morgan fingerprint density at radius 2 is 1.76 bits per heavy atom. The molecule has 0 unspecified atom stereocenters. The number of pyridine rings is 1. The lowest BCUT2D eigenvalue weighted by Crippen LogP contribution is -2.49. The lowest BCUT2D eigenvalue weighted by Gasteiger charge is -2.33. The van der Waals surface area contributed by atoms with Crippen LogP contribution in [0.1, 0.15) is 6.92 Å². The minimum absolute atomic E-state index is 0.0712. The summed E-state index contributed by atoms with van der Waals surface area (Å²) in [5, 5.41) is 9.51. The molecule has 1 aliphatic rings. The molecule has 2 heterocycles. The summed E-state index contributed by atoms with van der Waals surface area (Å²) in [5.41, 5.74) is 1.06. The molecule has 1 aliphatic heterocycles. The van der Waals surface area contributed by atoms with Gasteiger partial charge in [0.1, 0.15) is 5.75 Å². The quantitative estimate of drug-likeness (QED) is 0.613. The lowest BCUT2D eigenvalue weighted by molar-refractivity contribution is -0.129. The molecule has 1 fully saturated rings. The highest BCUT2D eigenvalue weighted by atomic mass is 32.2. The van der Waals surface area contributed by atoms with Gasteiger partial charge < -0.3 is 14.7 Å². The number of phenols is 1. The Labute approximate surface area is 190 Å². The Kier molecular flexibility index (Phi) is 6.30. The van der Waals surface area contributed by atoms with E-state index in [0.29, 0.717) is 24.3 Å². The Hall–Kier alpha value is -3.50. The van der Waals surface area contributed by atoms with E-state index in [2.05, 4.69) is 4.98 Å². The Bertz CT molecular complexity index is 1290. The zero-order valence-corrected chi connectivity index (χ0v) is 18.6. The fraction of sp³-hybridized carbons (Fsp3) is 0.217. The van der Waals surface area contributed by atoms with Crippen molar-refractivity contribution in [1.29, 1.82) is 0 Å². The van der Waals surface area contributed by atoms with Gasteiger partial charge in [-0.15, -0.1) is 0 Å². The number of aromatic nitrogens is 1. The number of rotatable bonds is 5. The van der Waals surface area contributed by atoms with Crippen LogP contribution in [0.3, 0.4) is 0 Å². The number of hydrogen-bond acceptors (Lipinski definition) is 6. The maximum atomic E-state index is 13.3. The molecular formula is C23H22FN3O5S. The van der Waals surface area contributed by atoms with Crippen LogP contribution in [-0.4, -0.2) is 59.8 Å². The molecule has 1 saturated heterocycles. The van der Waals surface area contributed by atoms with Crippen molar-refractivity contribution in [3.8, 4) is 28.6 Å². The van der Waals surface area contributed by atoms with E-state index in [-0.39, 0.29) is 35.5 Å². The van der Waals surface area contributed by atoms with Gasteiger partial charge in [0.25, 0.3) is 0 Å². The van der Waals surface area contributed by atoms with Gasteiger partial charge in [0.2, 0.25) is 21.8 Å². The summed E-state index contributed by atoms with van der Waals surface area (Å²) in [4.78, 5) is 17.7. The number of phenolic OH excluding ortho intramolecular Hbond substituents is 1.